The van der Waals surface area contributed by atoms with Gasteiger partial charge in [-0.05, 0) is 70.7 Å². The average Bonchev–Trinajstić information content (AvgIpc) is 2.99. The highest BCUT2D eigenvalue weighted by Crippen LogP contribution is 2.44. The summed E-state index contributed by atoms with van der Waals surface area (Å²) in [7, 11) is -3.66. The van der Waals surface area contributed by atoms with Crippen molar-refractivity contribution in [2.45, 2.75) is 63.8 Å². The summed E-state index contributed by atoms with van der Waals surface area (Å²) in [5.74, 6) is 0.371. The first kappa shape index (κ1) is 20.3. The average molecular weight is 394 g/mol. The predicted molar refractivity (Wildman–Crippen MR) is 107 cm³/mol. The number of amides is 1. The molecule has 0 aromatic heterocycles. The van der Waals surface area contributed by atoms with Crippen LogP contribution in [0.15, 0.2) is 23.1 Å². The molecule has 2 atom stereocenters. The minimum absolute atomic E-state index is 0.00758. The van der Waals surface area contributed by atoms with Gasteiger partial charge in [0.15, 0.2) is 0 Å². The van der Waals surface area contributed by atoms with Crippen LogP contribution in [-0.2, 0) is 14.8 Å². The molecule has 1 heterocycles. The van der Waals surface area contributed by atoms with E-state index in [9.17, 15) is 13.2 Å². The van der Waals surface area contributed by atoms with Crippen LogP contribution in [0.1, 0.15) is 52.0 Å². The Bertz CT molecular complexity index is 829. The van der Waals surface area contributed by atoms with E-state index in [4.69, 9.17) is 0 Å². The van der Waals surface area contributed by atoms with Gasteiger partial charge in [-0.25, -0.2) is 13.1 Å². The van der Waals surface area contributed by atoms with E-state index in [0.717, 1.165) is 25.8 Å². The Labute approximate surface area is 162 Å². The van der Waals surface area contributed by atoms with Crippen molar-refractivity contribution in [1.82, 2.24) is 10.0 Å². The van der Waals surface area contributed by atoms with E-state index in [1.165, 1.54) is 6.42 Å². The molecule has 1 aliphatic heterocycles. The first-order valence-electron chi connectivity index (χ1n) is 9.70. The van der Waals surface area contributed by atoms with Gasteiger partial charge >= 0.3 is 0 Å². The number of sulfonamides is 1. The summed E-state index contributed by atoms with van der Waals surface area (Å²) in [6.45, 7) is 8.77. The fourth-order valence-electron chi connectivity index (χ4n) is 4.37. The molecule has 2 aliphatic rings. The molecule has 0 spiro atoms. The maximum atomic E-state index is 13.1. The number of fused-ring (bicyclic) bond motifs is 1. The highest BCUT2D eigenvalue weighted by Gasteiger charge is 2.49. The van der Waals surface area contributed by atoms with Crippen molar-refractivity contribution in [3.63, 3.8) is 0 Å². The number of hydrogen-bond acceptors (Lipinski definition) is 4. The normalized spacial score (nSPS) is 25.9. The monoisotopic (exact) mass is 393 g/mol. The van der Waals surface area contributed by atoms with Gasteiger partial charge in [-0.3, -0.25) is 4.79 Å². The van der Waals surface area contributed by atoms with E-state index in [1.54, 1.807) is 45.9 Å². The Morgan fingerprint density at radius 3 is 2.70 bits per heavy atom. The minimum Gasteiger partial charge on any atom is -0.326 e. The van der Waals surface area contributed by atoms with E-state index < -0.39 is 15.6 Å². The minimum atomic E-state index is -3.66. The molecule has 0 radical (unpaired) electrons. The number of hydrogen-bond donors (Lipinski definition) is 3. The Balaban J connectivity index is 1.85. The number of rotatable bonds is 4. The van der Waals surface area contributed by atoms with Gasteiger partial charge in [0, 0.05) is 17.8 Å². The number of nitrogens with one attached hydrogen (secondary N) is 3. The second kappa shape index (κ2) is 7.18. The van der Waals surface area contributed by atoms with Crippen LogP contribution < -0.4 is 15.4 Å². The lowest BCUT2D eigenvalue weighted by Gasteiger charge is -2.37. The summed E-state index contributed by atoms with van der Waals surface area (Å²) >= 11 is 0. The van der Waals surface area contributed by atoms with Gasteiger partial charge in [0.25, 0.3) is 0 Å². The molecule has 3 rings (SSSR count). The van der Waals surface area contributed by atoms with Crippen LogP contribution in [0.2, 0.25) is 0 Å². The van der Waals surface area contributed by atoms with E-state index in [-0.39, 0.29) is 16.2 Å². The largest absolute Gasteiger partial charge is 0.326 e. The maximum absolute atomic E-state index is 13.1. The molecule has 1 aromatic rings. The van der Waals surface area contributed by atoms with Crippen LogP contribution in [0, 0.1) is 18.3 Å². The molecular formula is C20H31N3O3S. The molecule has 150 valence electrons. The van der Waals surface area contributed by atoms with Gasteiger partial charge < -0.3 is 10.6 Å². The SMILES string of the molecule is Cc1ccc(NC(=O)[C@@]23CCCC[C@H]2CNC3)cc1S(=O)(=O)NC(C)(C)C. The highest BCUT2D eigenvalue weighted by atomic mass is 32.2. The lowest BCUT2D eigenvalue weighted by molar-refractivity contribution is -0.128. The summed E-state index contributed by atoms with van der Waals surface area (Å²) < 4.78 is 28.2. The molecule has 6 nitrogen and oxygen atoms in total. The standard InChI is InChI=1S/C20H31N3O3S/c1-14-8-9-16(11-17(14)27(25,26)23-19(2,3)4)22-18(24)20-10-6-5-7-15(20)12-21-13-20/h8-9,11,15,21,23H,5-7,10,12-13H2,1-4H3,(H,22,24)/t15-,20+/m0/s1. The molecule has 2 fully saturated rings. The van der Waals surface area contributed by atoms with Crippen molar-refractivity contribution in [2.75, 3.05) is 18.4 Å². The van der Waals surface area contributed by atoms with Crippen LogP contribution in [0.5, 0.6) is 0 Å². The van der Waals surface area contributed by atoms with E-state index >= 15 is 0 Å². The molecule has 0 bridgehead atoms. The maximum Gasteiger partial charge on any atom is 0.241 e. The first-order chi connectivity index (χ1) is 12.5. The van der Waals surface area contributed by atoms with Gasteiger partial charge in [0.05, 0.1) is 10.3 Å². The van der Waals surface area contributed by atoms with Crippen molar-refractivity contribution >= 4 is 21.6 Å². The molecule has 7 heteroatoms. The molecule has 0 unspecified atom stereocenters. The van der Waals surface area contributed by atoms with Gasteiger partial charge in [0.2, 0.25) is 15.9 Å². The Hall–Kier alpha value is -1.44. The zero-order chi connectivity index (χ0) is 19.9. The molecular weight excluding hydrogens is 362 g/mol. The summed E-state index contributed by atoms with van der Waals surface area (Å²) in [4.78, 5) is 13.3. The smallest absolute Gasteiger partial charge is 0.241 e. The molecule has 1 aliphatic carbocycles. The second-order valence-electron chi connectivity index (χ2n) is 9.02. The Kier molecular flexibility index (Phi) is 5.40. The third kappa shape index (κ3) is 4.20. The van der Waals surface area contributed by atoms with Crippen molar-refractivity contribution in [3.8, 4) is 0 Å². The van der Waals surface area contributed by atoms with E-state index in [1.807, 2.05) is 0 Å². The molecule has 1 amide bonds. The number of aryl methyl sites for hydroxylation is 1. The molecule has 1 aromatic carbocycles. The summed E-state index contributed by atoms with van der Waals surface area (Å²) in [6.07, 6.45) is 4.20. The second-order valence-corrected chi connectivity index (χ2v) is 10.7. The number of anilines is 1. The zero-order valence-electron chi connectivity index (χ0n) is 16.7. The molecule has 1 saturated carbocycles. The summed E-state index contributed by atoms with van der Waals surface area (Å²) in [5, 5.41) is 6.38. The summed E-state index contributed by atoms with van der Waals surface area (Å²) in [5.41, 5.74) is 0.242. The third-order valence-corrected chi connectivity index (χ3v) is 7.57. The molecule has 27 heavy (non-hydrogen) atoms. The van der Waals surface area contributed by atoms with Crippen LogP contribution >= 0.6 is 0 Å². The first-order valence-corrected chi connectivity index (χ1v) is 11.2. The number of carbonyl (C=O) groups excluding carboxylic acids is 1. The van der Waals surface area contributed by atoms with Gasteiger partial charge in [-0.15, -0.1) is 0 Å². The van der Waals surface area contributed by atoms with Gasteiger partial charge in [0.1, 0.15) is 0 Å². The van der Waals surface area contributed by atoms with Crippen molar-refractivity contribution in [2.24, 2.45) is 11.3 Å². The zero-order valence-corrected chi connectivity index (χ0v) is 17.5. The molecule has 3 N–H and O–H groups in total. The Morgan fingerprint density at radius 2 is 2.00 bits per heavy atom. The van der Waals surface area contributed by atoms with Gasteiger partial charge in [-0.1, -0.05) is 18.9 Å². The summed E-state index contributed by atoms with van der Waals surface area (Å²) in [6, 6.07) is 5.09. The van der Waals surface area contributed by atoms with Crippen LogP contribution in [-0.4, -0.2) is 33.0 Å². The lowest BCUT2D eigenvalue weighted by atomic mass is 9.67. The topological polar surface area (TPSA) is 87.3 Å². The van der Waals surface area contributed by atoms with Crippen LogP contribution in [0.25, 0.3) is 0 Å². The molecule has 1 saturated heterocycles. The fraction of sp³-hybridized carbons (Fsp3) is 0.650. The Morgan fingerprint density at radius 1 is 1.26 bits per heavy atom. The number of carbonyl (C=O) groups is 1. The van der Waals surface area contributed by atoms with E-state index in [0.29, 0.717) is 23.7 Å². The van der Waals surface area contributed by atoms with Crippen molar-refractivity contribution < 1.29 is 13.2 Å². The van der Waals surface area contributed by atoms with Crippen molar-refractivity contribution in [3.05, 3.63) is 23.8 Å². The lowest BCUT2D eigenvalue weighted by Crippen LogP contribution is -2.44. The third-order valence-electron chi connectivity index (χ3n) is 5.67. The van der Waals surface area contributed by atoms with Gasteiger partial charge in [-0.2, -0.15) is 0 Å². The number of benzene rings is 1. The predicted octanol–water partition coefficient (Wildman–Crippen LogP) is 2.79. The fourth-order valence-corrected chi connectivity index (χ4v) is 6.06. The van der Waals surface area contributed by atoms with Crippen molar-refractivity contribution in [1.29, 1.82) is 0 Å². The van der Waals surface area contributed by atoms with Crippen LogP contribution in [0.4, 0.5) is 5.69 Å². The quantitative estimate of drug-likeness (QED) is 0.734. The highest BCUT2D eigenvalue weighted by molar-refractivity contribution is 7.89. The van der Waals surface area contributed by atoms with E-state index in [2.05, 4.69) is 15.4 Å². The van der Waals surface area contributed by atoms with Crippen LogP contribution in [0.3, 0.4) is 0 Å².